The lowest BCUT2D eigenvalue weighted by molar-refractivity contribution is -0.0535. The Morgan fingerprint density at radius 1 is 1.21 bits per heavy atom. The van der Waals surface area contributed by atoms with Crippen LogP contribution >= 0.6 is 11.3 Å². The van der Waals surface area contributed by atoms with E-state index in [2.05, 4.69) is 11.2 Å². The minimum atomic E-state index is -0.691. The van der Waals surface area contributed by atoms with Crippen molar-refractivity contribution in [1.82, 2.24) is 14.8 Å². The second-order valence-corrected chi connectivity index (χ2v) is 8.82. The molecule has 2 aromatic heterocycles. The molecule has 0 saturated heterocycles. The highest BCUT2D eigenvalue weighted by atomic mass is 32.1. The Labute approximate surface area is 171 Å². The molecule has 6 nitrogen and oxygen atoms in total. The summed E-state index contributed by atoms with van der Waals surface area (Å²) in [7, 11) is 0. The highest BCUT2D eigenvalue weighted by molar-refractivity contribution is 7.21. The summed E-state index contributed by atoms with van der Waals surface area (Å²) in [6, 6.07) is 18.2. The maximum Gasteiger partial charge on any atom is 0.140 e. The number of nitrogens with two attached hydrogens (primary N) is 1. The lowest BCUT2D eigenvalue weighted by Crippen LogP contribution is -2.42. The minimum absolute atomic E-state index is 0.0125. The van der Waals surface area contributed by atoms with Gasteiger partial charge in [0, 0.05) is 11.1 Å². The number of nitrogens with zero attached hydrogens (tertiary/aromatic N) is 4. The number of rotatable bonds is 3. The molecule has 144 valence electrons. The van der Waals surface area contributed by atoms with E-state index in [4.69, 9.17) is 10.7 Å². The average molecular weight is 401 g/mol. The normalized spacial score (nSPS) is 21.1. The van der Waals surface area contributed by atoms with Crippen LogP contribution in [0, 0.1) is 11.3 Å². The molecule has 1 aliphatic rings. The lowest BCUT2D eigenvalue weighted by Gasteiger charge is -2.41. The fraction of sp³-hybridized carbons (Fsp3) is 0.227. The van der Waals surface area contributed by atoms with Crippen molar-refractivity contribution >= 4 is 27.4 Å². The highest BCUT2D eigenvalue weighted by Gasteiger charge is 2.41. The zero-order chi connectivity index (χ0) is 20.2. The van der Waals surface area contributed by atoms with Crippen LogP contribution < -0.4 is 5.73 Å². The summed E-state index contributed by atoms with van der Waals surface area (Å²) < 4.78 is 2.76. The van der Waals surface area contributed by atoms with Gasteiger partial charge in [-0.25, -0.2) is 9.67 Å². The van der Waals surface area contributed by atoms with E-state index in [0.29, 0.717) is 29.9 Å². The summed E-state index contributed by atoms with van der Waals surface area (Å²) in [5, 5.41) is 25.3. The fourth-order valence-corrected chi connectivity index (χ4v) is 4.90. The van der Waals surface area contributed by atoms with Crippen molar-refractivity contribution in [3.8, 4) is 27.9 Å². The van der Waals surface area contributed by atoms with Gasteiger partial charge < -0.3 is 10.8 Å². The number of aliphatic hydroxyl groups is 1. The zero-order valence-electron chi connectivity index (χ0n) is 15.8. The third-order valence-electron chi connectivity index (χ3n) is 5.44. The van der Waals surface area contributed by atoms with Crippen LogP contribution in [0.15, 0.2) is 48.5 Å². The largest absolute Gasteiger partial charge is 0.390 e. The van der Waals surface area contributed by atoms with E-state index in [0.717, 1.165) is 26.4 Å². The summed E-state index contributed by atoms with van der Waals surface area (Å²) >= 11 is 1.64. The molecule has 2 heterocycles. The molecule has 4 aromatic rings. The van der Waals surface area contributed by atoms with Gasteiger partial charge in [0.05, 0.1) is 21.9 Å². The van der Waals surface area contributed by atoms with Crippen LogP contribution in [0.1, 0.15) is 31.4 Å². The summed E-state index contributed by atoms with van der Waals surface area (Å²) in [5.74, 6) is 0.353. The van der Waals surface area contributed by atoms with Crippen molar-refractivity contribution in [3.63, 3.8) is 0 Å². The Kier molecular flexibility index (Phi) is 3.95. The van der Waals surface area contributed by atoms with Crippen LogP contribution in [-0.2, 0) is 0 Å². The van der Waals surface area contributed by atoms with Crippen LogP contribution in [0.5, 0.6) is 0 Å². The van der Waals surface area contributed by atoms with Crippen molar-refractivity contribution < 1.29 is 5.11 Å². The number of thiazole rings is 1. The molecule has 0 atom stereocenters. The van der Waals surface area contributed by atoms with E-state index < -0.39 is 5.60 Å². The van der Waals surface area contributed by atoms with Gasteiger partial charge in [-0.2, -0.15) is 10.4 Å². The molecule has 2 aromatic carbocycles. The van der Waals surface area contributed by atoms with Crippen LogP contribution in [0.3, 0.4) is 0 Å². The standard InChI is InChI=1S/C22H19N5OS/c1-22(28)10-15(11-22)27-20(24)16(12-23)19(26-27)14-7-8-18-17(9-14)25-21(29-18)13-5-3-2-4-6-13/h2-9,15,28H,10-11,24H2,1H3. The predicted molar refractivity (Wildman–Crippen MR) is 114 cm³/mol. The van der Waals surface area contributed by atoms with E-state index >= 15 is 0 Å². The number of fused-ring (bicyclic) bond motifs is 1. The number of anilines is 1. The molecule has 0 unspecified atom stereocenters. The first-order chi connectivity index (χ1) is 13.9. The summed E-state index contributed by atoms with van der Waals surface area (Å²) in [6.45, 7) is 1.80. The second kappa shape index (κ2) is 6.41. The Morgan fingerprint density at radius 3 is 2.66 bits per heavy atom. The van der Waals surface area contributed by atoms with E-state index in [9.17, 15) is 10.4 Å². The molecular weight excluding hydrogens is 382 g/mol. The van der Waals surface area contributed by atoms with Crippen molar-refractivity contribution in [2.75, 3.05) is 5.73 Å². The molecule has 0 radical (unpaired) electrons. The van der Waals surface area contributed by atoms with Gasteiger partial charge >= 0.3 is 0 Å². The Morgan fingerprint density at radius 2 is 1.97 bits per heavy atom. The molecule has 0 bridgehead atoms. The van der Waals surface area contributed by atoms with Crippen molar-refractivity contribution in [3.05, 3.63) is 54.1 Å². The van der Waals surface area contributed by atoms with Crippen LogP contribution in [-0.4, -0.2) is 25.5 Å². The van der Waals surface area contributed by atoms with E-state index in [1.54, 1.807) is 22.9 Å². The zero-order valence-corrected chi connectivity index (χ0v) is 16.6. The lowest BCUT2D eigenvalue weighted by atomic mass is 9.77. The molecule has 1 aliphatic carbocycles. The Bertz CT molecular complexity index is 1260. The minimum Gasteiger partial charge on any atom is -0.390 e. The summed E-state index contributed by atoms with van der Waals surface area (Å²) in [5.41, 5.74) is 9.24. The number of nitriles is 1. The van der Waals surface area contributed by atoms with Gasteiger partial charge in [0.1, 0.15) is 28.2 Å². The number of benzene rings is 2. The van der Waals surface area contributed by atoms with Gasteiger partial charge in [-0.15, -0.1) is 11.3 Å². The Hall–Kier alpha value is -3.21. The van der Waals surface area contributed by atoms with E-state index in [1.807, 2.05) is 48.5 Å². The highest BCUT2D eigenvalue weighted by Crippen LogP contribution is 2.43. The topological polar surface area (TPSA) is 101 Å². The number of hydrogen-bond donors (Lipinski definition) is 2. The first-order valence-corrected chi connectivity index (χ1v) is 10.2. The molecular formula is C22H19N5OS. The number of aromatic nitrogens is 3. The second-order valence-electron chi connectivity index (χ2n) is 7.79. The molecule has 29 heavy (non-hydrogen) atoms. The van der Waals surface area contributed by atoms with Crippen molar-refractivity contribution in [1.29, 1.82) is 5.26 Å². The maximum atomic E-state index is 10.0. The fourth-order valence-electron chi connectivity index (χ4n) is 3.95. The van der Waals surface area contributed by atoms with Gasteiger partial charge in [0.2, 0.25) is 0 Å². The van der Waals surface area contributed by atoms with Crippen LogP contribution in [0.4, 0.5) is 5.82 Å². The van der Waals surface area contributed by atoms with Crippen molar-refractivity contribution in [2.45, 2.75) is 31.4 Å². The number of nitrogen functional groups attached to an aromatic ring is 1. The summed E-state index contributed by atoms with van der Waals surface area (Å²) in [6.07, 6.45) is 1.16. The van der Waals surface area contributed by atoms with Gasteiger partial charge in [0.25, 0.3) is 0 Å². The average Bonchev–Trinajstić information content (AvgIpc) is 3.27. The van der Waals surface area contributed by atoms with Crippen LogP contribution in [0.25, 0.3) is 32.0 Å². The molecule has 1 saturated carbocycles. The van der Waals surface area contributed by atoms with Crippen LogP contribution in [0.2, 0.25) is 0 Å². The molecule has 7 heteroatoms. The van der Waals surface area contributed by atoms with Gasteiger partial charge in [0.15, 0.2) is 0 Å². The molecule has 0 amide bonds. The molecule has 3 N–H and O–H groups in total. The van der Waals surface area contributed by atoms with E-state index in [-0.39, 0.29) is 6.04 Å². The monoisotopic (exact) mass is 401 g/mol. The maximum absolute atomic E-state index is 10.0. The Balaban J connectivity index is 1.56. The molecule has 0 spiro atoms. The third kappa shape index (κ3) is 2.97. The SMILES string of the molecule is CC1(O)CC(n2nc(-c3ccc4sc(-c5ccccc5)nc4c3)c(C#N)c2N)C1. The predicted octanol–water partition coefficient (Wildman–Crippen LogP) is 4.37. The smallest absolute Gasteiger partial charge is 0.140 e. The molecule has 1 fully saturated rings. The quantitative estimate of drug-likeness (QED) is 0.531. The first-order valence-electron chi connectivity index (χ1n) is 9.42. The molecule has 5 rings (SSSR count). The van der Waals surface area contributed by atoms with Gasteiger partial charge in [-0.1, -0.05) is 36.4 Å². The number of hydrogen-bond acceptors (Lipinski definition) is 6. The van der Waals surface area contributed by atoms with Gasteiger partial charge in [-0.3, -0.25) is 0 Å². The van der Waals surface area contributed by atoms with E-state index in [1.165, 1.54) is 0 Å². The van der Waals surface area contributed by atoms with Crippen molar-refractivity contribution in [2.24, 2.45) is 0 Å². The molecule has 0 aliphatic heterocycles. The first kappa shape index (κ1) is 17.9. The summed E-state index contributed by atoms with van der Waals surface area (Å²) in [4.78, 5) is 4.77. The van der Waals surface area contributed by atoms with Gasteiger partial charge in [-0.05, 0) is 31.9 Å². The third-order valence-corrected chi connectivity index (χ3v) is 6.52.